The standard InChI is InChI=1S/C19H26N6/c1-4-25-11-14(9-22-25)16-8-15-18(10-21-16)23-24-19(15)17-7-13(12(2)3)5-6-20-17/h5-7,9,11,15-16,18-19,21,23-24H,2,4,8,10H2,1,3H3. The van der Waals surface area contributed by atoms with Crippen LogP contribution >= 0.6 is 0 Å². The number of allylic oxidation sites excluding steroid dienone is 1. The van der Waals surface area contributed by atoms with Crippen molar-refractivity contribution in [3.8, 4) is 0 Å². The number of piperidine rings is 1. The highest BCUT2D eigenvalue weighted by Gasteiger charge is 2.42. The van der Waals surface area contributed by atoms with Gasteiger partial charge in [0.2, 0.25) is 0 Å². The highest BCUT2D eigenvalue weighted by molar-refractivity contribution is 5.61. The topological polar surface area (TPSA) is 66.8 Å². The molecule has 0 radical (unpaired) electrons. The Hall–Kier alpha value is -2.02. The van der Waals surface area contributed by atoms with Crippen molar-refractivity contribution in [1.29, 1.82) is 0 Å². The lowest BCUT2D eigenvalue weighted by atomic mass is 9.81. The van der Waals surface area contributed by atoms with Gasteiger partial charge in [-0.15, -0.1) is 0 Å². The van der Waals surface area contributed by atoms with Crippen molar-refractivity contribution in [3.63, 3.8) is 0 Å². The summed E-state index contributed by atoms with van der Waals surface area (Å²) < 4.78 is 1.99. The molecule has 3 N–H and O–H groups in total. The molecule has 2 aliphatic rings. The van der Waals surface area contributed by atoms with Crippen molar-refractivity contribution >= 4 is 5.57 Å². The highest BCUT2D eigenvalue weighted by atomic mass is 15.4. The minimum atomic E-state index is 0.218. The minimum Gasteiger partial charge on any atom is -0.308 e. The largest absolute Gasteiger partial charge is 0.308 e. The van der Waals surface area contributed by atoms with Crippen LogP contribution in [0.1, 0.15) is 49.2 Å². The SMILES string of the molecule is C=C(C)c1ccnc(C2NNC3CNC(c4cnn(CC)c4)CC32)c1. The first kappa shape index (κ1) is 16.4. The Labute approximate surface area is 148 Å². The number of pyridine rings is 1. The molecule has 4 heterocycles. The first-order chi connectivity index (χ1) is 12.2. The van der Waals surface area contributed by atoms with Crippen LogP contribution in [0.15, 0.2) is 37.3 Å². The number of nitrogens with one attached hydrogen (secondary N) is 3. The van der Waals surface area contributed by atoms with E-state index in [1.165, 1.54) is 5.56 Å². The van der Waals surface area contributed by atoms with E-state index in [0.29, 0.717) is 18.0 Å². The van der Waals surface area contributed by atoms with E-state index in [1.54, 1.807) is 0 Å². The minimum absolute atomic E-state index is 0.218. The average Bonchev–Trinajstić information content (AvgIpc) is 3.28. The maximum Gasteiger partial charge on any atom is 0.0679 e. The molecule has 0 spiro atoms. The predicted octanol–water partition coefficient (Wildman–Crippen LogP) is 2.20. The van der Waals surface area contributed by atoms with Gasteiger partial charge in [-0.2, -0.15) is 5.10 Å². The van der Waals surface area contributed by atoms with Crippen molar-refractivity contribution in [1.82, 2.24) is 30.9 Å². The summed E-state index contributed by atoms with van der Waals surface area (Å²) in [4.78, 5) is 4.63. The van der Waals surface area contributed by atoms with Crippen LogP contribution in [0.2, 0.25) is 0 Å². The van der Waals surface area contributed by atoms with E-state index in [9.17, 15) is 0 Å². The molecule has 6 nitrogen and oxygen atoms in total. The van der Waals surface area contributed by atoms with Gasteiger partial charge in [-0.1, -0.05) is 12.2 Å². The Morgan fingerprint density at radius 2 is 2.28 bits per heavy atom. The summed E-state index contributed by atoms with van der Waals surface area (Å²) in [5.74, 6) is 0.490. The maximum absolute atomic E-state index is 4.63. The molecular formula is C19H26N6. The third kappa shape index (κ3) is 3.13. The summed E-state index contributed by atoms with van der Waals surface area (Å²) in [6.45, 7) is 10.0. The molecule has 4 rings (SSSR count). The fraction of sp³-hybridized carbons (Fsp3) is 0.474. The molecule has 0 amide bonds. The summed E-state index contributed by atoms with van der Waals surface area (Å²) in [5, 5.41) is 8.08. The van der Waals surface area contributed by atoms with Gasteiger partial charge in [-0.3, -0.25) is 15.1 Å². The predicted molar refractivity (Wildman–Crippen MR) is 98.5 cm³/mol. The molecular weight excluding hydrogens is 312 g/mol. The number of aryl methyl sites for hydroxylation is 1. The molecule has 132 valence electrons. The third-order valence-electron chi connectivity index (χ3n) is 5.43. The van der Waals surface area contributed by atoms with Gasteiger partial charge in [0.25, 0.3) is 0 Å². The lowest BCUT2D eigenvalue weighted by Crippen LogP contribution is -2.46. The fourth-order valence-corrected chi connectivity index (χ4v) is 3.93. The average molecular weight is 338 g/mol. The van der Waals surface area contributed by atoms with Crippen LogP contribution < -0.4 is 16.2 Å². The summed E-state index contributed by atoms with van der Waals surface area (Å²) in [5.41, 5.74) is 11.5. The first-order valence-corrected chi connectivity index (χ1v) is 9.04. The Morgan fingerprint density at radius 1 is 1.40 bits per heavy atom. The number of hydrogen-bond donors (Lipinski definition) is 3. The molecule has 0 aliphatic carbocycles. The highest BCUT2D eigenvalue weighted by Crippen LogP contribution is 2.38. The molecule has 25 heavy (non-hydrogen) atoms. The van der Waals surface area contributed by atoms with Crippen molar-refractivity contribution in [2.24, 2.45) is 5.92 Å². The smallest absolute Gasteiger partial charge is 0.0679 e. The van der Waals surface area contributed by atoms with Gasteiger partial charge in [-0.05, 0) is 38.0 Å². The van der Waals surface area contributed by atoms with Crippen molar-refractivity contribution in [3.05, 3.63) is 54.1 Å². The van der Waals surface area contributed by atoms with E-state index in [1.807, 2.05) is 30.1 Å². The maximum atomic E-state index is 4.63. The monoisotopic (exact) mass is 338 g/mol. The molecule has 2 fully saturated rings. The van der Waals surface area contributed by atoms with Gasteiger partial charge in [0, 0.05) is 49.0 Å². The summed E-state index contributed by atoms with van der Waals surface area (Å²) >= 11 is 0. The summed E-state index contributed by atoms with van der Waals surface area (Å²) in [6.07, 6.45) is 7.09. The van der Waals surface area contributed by atoms with Crippen molar-refractivity contribution in [2.75, 3.05) is 6.54 Å². The number of fused-ring (bicyclic) bond motifs is 1. The van der Waals surface area contributed by atoms with E-state index in [-0.39, 0.29) is 6.04 Å². The fourth-order valence-electron chi connectivity index (χ4n) is 3.93. The first-order valence-electron chi connectivity index (χ1n) is 9.04. The molecule has 4 atom stereocenters. The number of hydrazine groups is 1. The van der Waals surface area contributed by atoms with E-state index < -0.39 is 0 Å². The number of rotatable bonds is 4. The zero-order chi connectivity index (χ0) is 17.4. The van der Waals surface area contributed by atoms with Gasteiger partial charge in [0.05, 0.1) is 17.9 Å². The quantitative estimate of drug-likeness (QED) is 0.797. The molecule has 6 heteroatoms. The second-order valence-corrected chi connectivity index (χ2v) is 7.11. The molecule has 0 bridgehead atoms. The summed E-state index contributed by atoms with van der Waals surface area (Å²) in [6, 6.07) is 5.16. The summed E-state index contributed by atoms with van der Waals surface area (Å²) in [7, 11) is 0. The van der Waals surface area contributed by atoms with E-state index in [0.717, 1.165) is 36.3 Å². The van der Waals surface area contributed by atoms with Gasteiger partial charge >= 0.3 is 0 Å². The Balaban J connectivity index is 1.55. The molecule has 0 aromatic carbocycles. The molecule has 2 aromatic rings. The van der Waals surface area contributed by atoms with E-state index >= 15 is 0 Å². The van der Waals surface area contributed by atoms with Crippen LogP contribution in [0.5, 0.6) is 0 Å². The third-order valence-corrected chi connectivity index (χ3v) is 5.43. The van der Waals surface area contributed by atoms with Crippen molar-refractivity contribution < 1.29 is 0 Å². The van der Waals surface area contributed by atoms with Crippen LogP contribution in [0.25, 0.3) is 5.57 Å². The number of aromatic nitrogens is 3. The molecule has 2 saturated heterocycles. The van der Waals surface area contributed by atoms with E-state index in [4.69, 9.17) is 0 Å². The van der Waals surface area contributed by atoms with Crippen LogP contribution in [0, 0.1) is 5.92 Å². The second kappa shape index (κ2) is 6.71. The Kier molecular flexibility index (Phi) is 4.41. The molecule has 2 aliphatic heterocycles. The zero-order valence-electron chi connectivity index (χ0n) is 14.9. The Morgan fingerprint density at radius 3 is 3.04 bits per heavy atom. The lowest BCUT2D eigenvalue weighted by Gasteiger charge is -2.33. The van der Waals surface area contributed by atoms with Gasteiger partial charge < -0.3 is 5.32 Å². The molecule has 4 unspecified atom stereocenters. The van der Waals surface area contributed by atoms with Crippen LogP contribution in [-0.4, -0.2) is 27.4 Å². The van der Waals surface area contributed by atoms with Gasteiger partial charge in [0.1, 0.15) is 0 Å². The van der Waals surface area contributed by atoms with Gasteiger partial charge in [0.15, 0.2) is 0 Å². The zero-order valence-corrected chi connectivity index (χ0v) is 14.9. The van der Waals surface area contributed by atoms with Crippen LogP contribution in [-0.2, 0) is 6.54 Å². The van der Waals surface area contributed by atoms with Gasteiger partial charge in [-0.25, -0.2) is 5.43 Å². The normalized spacial score (nSPS) is 28.7. The lowest BCUT2D eigenvalue weighted by molar-refractivity contribution is 0.265. The molecule has 2 aromatic heterocycles. The van der Waals surface area contributed by atoms with Crippen molar-refractivity contribution in [2.45, 2.75) is 44.9 Å². The Bertz CT molecular complexity index is 767. The molecule has 0 saturated carbocycles. The van der Waals surface area contributed by atoms with Crippen LogP contribution in [0.4, 0.5) is 0 Å². The second-order valence-electron chi connectivity index (χ2n) is 7.11. The van der Waals surface area contributed by atoms with E-state index in [2.05, 4.69) is 52.0 Å². The number of hydrogen-bond acceptors (Lipinski definition) is 5. The van der Waals surface area contributed by atoms with Crippen LogP contribution in [0.3, 0.4) is 0 Å². The number of nitrogens with zero attached hydrogens (tertiary/aromatic N) is 3.